The van der Waals surface area contributed by atoms with Crippen LogP contribution in [0.2, 0.25) is 0 Å². The molecule has 4 rings (SSSR count). The summed E-state index contributed by atoms with van der Waals surface area (Å²) in [5.41, 5.74) is 4.42. The first kappa shape index (κ1) is 17.1. The van der Waals surface area contributed by atoms with Crippen molar-refractivity contribution < 1.29 is 13.6 Å². The van der Waals surface area contributed by atoms with Gasteiger partial charge in [0.2, 0.25) is 5.89 Å². The monoisotopic (exact) mass is 360 g/mol. The van der Waals surface area contributed by atoms with Gasteiger partial charge in [0.25, 0.3) is 5.91 Å². The van der Waals surface area contributed by atoms with Crippen LogP contribution in [-0.2, 0) is 0 Å². The third-order valence-corrected chi connectivity index (χ3v) is 4.73. The van der Waals surface area contributed by atoms with Crippen molar-refractivity contribution in [2.75, 3.05) is 5.32 Å². The molecule has 0 aliphatic rings. The van der Waals surface area contributed by atoms with Gasteiger partial charge in [-0.1, -0.05) is 19.9 Å². The van der Waals surface area contributed by atoms with E-state index < -0.39 is 0 Å². The maximum atomic E-state index is 12.0. The standard InChI is InChI=1S/C22H20N2O3/c1-3-14(2)16-8-11-19-18(13-16)24-22(27-19)15-6-9-17(10-7-15)23-21(25)20-5-4-12-26-20/h4-14H,3H2,1-2H3,(H,23,25)/t14-/m1/s1. The number of furan rings is 1. The first-order valence-corrected chi connectivity index (χ1v) is 9.00. The third-order valence-electron chi connectivity index (χ3n) is 4.73. The molecule has 0 spiro atoms. The predicted molar refractivity (Wildman–Crippen MR) is 105 cm³/mol. The summed E-state index contributed by atoms with van der Waals surface area (Å²) in [4.78, 5) is 16.6. The number of fused-ring (bicyclic) bond motifs is 1. The Bertz CT molecular complexity index is 1060. The highest BCUT2D eigenvalue weighted by Gasteiger charge is 2.12. The van der Waals surface area contributed by atoms with Crippen molar-refractivity contribution in [1.82, 2.24) is 4.98 Å². The quantitative estimate of drug-likeness (QED) is 0.484. The number of carbonyl (C=O) groups excluding carboxylic acids is 1. The summed E-state index contributed by atoms with van der Waals surface area (Å²) < 4.78 is 11.0. The number of nitrogens with zero attached hydrogens (tertiary/aromatic N) is 1. The van der Waals surface area contributed by atoms with Crippen molar-refractivity contribution in [3.05, 3.63) is 72.2 Å². The number of benzene rings is 2. The van der Waals surface area contributed by atoms with Gasteiger partial charge in [-0.3, -0.25) is 4.79 Å². The van der Waals surface area contributed by atoms with Crippen LogP contribution >= 0.6 is 0 Å². The zero-order valence-corrected chi connectivity index (χ0v) is 15.2. The molecule has 0 aliphatic carbocycles. The van der Waals surface area contributed by atoms with Crippen molar-refractivity contribution in [3.8, 4) is 11.5 Å². The summed E-state index contributed by atoms with van der Waals surface area (Å²) in [5, 5.41) is 2.79. The second-order valence-corrected chi connectivity index (χ2v) is 6.56. The highest BCUT2D eigenvalue weighted by Crippen LogP contribution is 2.28. The maximum Gasteiger partial charge on any atom is 0.291 e. The first-order valence-electron chi connectivity index (χ1n) is 9.00. The van der Waals surface area contributed by atoms with E-state index in [1.54, 1.807) is 12.1 Å². The Labute approximate surface area is 157 Å². The van der Waals surface area contributed by atoms with E-state index in [9.17, 15) is 4.79 Å². The molecule has 0 aliphatic heterocycles. The van der Waals surface area contributed by atoms with Gasteiger partial charge in [0.1, 0.15) is 5.52 Å². The molecule has 136 valence electrons. The topological polar surface area (TPSA) is 68.3 Å². The fourth-order valence-electron chi connectivity index (χ4n) is 2.91. The number of nitrogens with one attached hydrogen (secondary N) is 1. The normalized spacial score (nSPS) is 12.2. The molecule has 2 aromatic carbocycles. The maximum absolute atomic E-state index is 12.0. The van der Waals surface area contributed by atoms with E-state index in [4.69, 9.17) is 8.83 Å². The molecule has 2 heterocycles. The average molecular weight is 360 g/mol. The lowest BCUT2D eigenvalue weighted by Crippen LogP contribution is -2.10. The largest absolute Gasteiger partial charge is 0.459 e. The summed E-state index contributed by atoms with van der Waals surface area (Å²) in [7, 11) is 0. The van der Waals surface area contributed by atoms with E-state index in [1.807, 2.05) is 30.3 Å². The number of anilines is 1. The first-order chi connectivity index (χ1) is 13.1. The number of hydrogen-bond donors (Lipinski definition) is 1. The molecule has 1 N–H and O–H groups in total. The minimum Gasteiger partial charge on any atom is -0.459 e. The summed E-state index contributed by atoms with van der Waals surface area (Å²) >= 11 is 0. The average Bonchev–Trinajstić information content (AvgIpc) is 3.37. The lowest BCUT2D eigenvalue weighted by Gasteiger charge is -2.07. The van der Waals surface area contributed by atoms with E-state index in [2.05, 4.69) is 36.3 Å². The van der Waals surface area contributed by atoms with Gasteiger partial charge in [-0.25, -0.2) is 4.98 Å². The van der Waals surface area contributed by atoms with Crippen LogP contribution in [0, 0.1) is 0 Å². The van der Waals surface area contributed by atoms with Gasteiger partial charge in [-0.2, -0.15) is 0 Å². The minimum absolute atomic E-state index is 0.273. The van der Waals surface area contributed by atoms with Crippen LogP contribution in [-0.4, -0.2) is 10.9 Å². The highest BCUT2D eigenvalue weighted by molar-refractivity contribution is 6.02. The Morgan fingerprint density at radius 3 is 2.67 bits per heavy atom. The molecule has 4 aromatic rings. The summed E-state index contributed by atoms with van der Waals surface area (Å²) in [6.07, 6.45) is 2.55. The Balaban J connectivity index is 1.55. The number of aromatic nitrogens is 1. The number of oxazole rings is 1. The Kier molecular flexibility index (Phi) is 4.50. The summed E-state index contributed by atoms with van der Waals surface area (Å²) in [5.74, 6) is 1.05. The van der Waals surface area contributed by atoms with Crippen LogP contribution < -0.4 is 5.32 Å². The third kappa shape index (κ3) is 3.49. The van der Waals surface area contributed by atoms with Gasteiger partial charge in [-0.05, 0) is 66.4 Å². The zero-order chi connectivity index (χ0) is 18.8. The van der Waals surface area contributed by atoms with Crippen molar-refractivity contribution in [2.24, 2.45) is 0 Å². The van der Waals surface area contributed by atoms with Crippen molar-refractivity contribution in [1.29, 1.82) is 0 Å². The molecular weight excluding hydrogens is 340 g/mol. The molecule has 0 saturated carbocycles. The van der Waals surface area contributed by atoms with Gasteiger partial charge >= 0.3 is 0 Å². The SMILES string of the molecule is CC[C@@H](C)c1ccc2oc(-c3ccc(NC(=O)c4ccco4)cc3)nc2c1. The molecule has 0 fully saturated rings. The molecule has 27 heavy (non-hydrogen) atoms. The lowest BCUT2D eigenvalue weighted by atomic mass is 9.98. The number of carbonyl (C=O) groups is 1. The number of hydrogen-bond acceptors (Lipinski definition) is 4. The highest BCUT2D eigenvalue weighted by atomic mass is 16.3. The van der Waals surface area contributed by atoms with Crippen molar-refractivity contribution >= 4 is 22.7 Å². The fourth-order valence-corrected chi connectivity index (χ4v) is 2.91. The van der Waals surface area contributed by atoms with Gasteiger partial charge in [0.15, 0.2) is 11.3 Å². The van der Waals surface area contributed by atoms with E-state index in [1.165, 1.54) is 11.8 Å². The molecule has 0 bridgehead atoms. The van der Waals surface area contributed by atoms with Crippen molar-refractivity contribution in [2.45, 2.75) is 26.2 Å². The van der Waals surface area contributed by atoms with Gasteiger partial charge in [0, 0.05) is 11.3 Å². The Morgan fingerprint density at radius 2 is 1.96 bits per heavy atom. The van der Waals surface area contributed by atoms with Gasteiger partial charge < -0.3 is 14.2 Å². The van der Waals surface area contributed by atoms with Crippen LogP contribution in [0.1, 0.15) is 42.3 Å². The minimum atomic E-state index is -0.285. The molecular formula is C22H20N2O3. The summed E-state index contributed by atoms with van der Waals surface area (Å²) in [6, 6.07) is 16.8. The lowest BCUT2D eigenvalue weighted by molar-refractivity contribution is 0.0996. The zero-order valence-electron chi connectivity index (χ0n) is 15.2. The van der Waals surface area contributed by atoms with E-state index in [-0.39, 0.29) is 11.7 Å². The number of rotatable bonds is 5. The van der Waals surface area contributed by atoms with Crippen LogP contribution in [0.15, 0.2) is 69.7 Å². The molecule has 0 saturated heterocycles. The second kappa shape index (κ2) is 7.11. The Hall–Kier alpha value is -3.34. The molecule has 1 atom stereocenters. The fraction of sp³-hybridized carbons (Fsp3) is 0.182. The van der Waals surface area contributed by atoms with Crippen molar-refractivity contribution in [3.63, 3.8) is 0 Å². The Morgan fingerprint density at radius 1 is 1.15 bits per heavy atom. The molecule has 5 nitrogen and oxygen atoms in total. The van der Waals surface area contributed by atoms with E-state index in [0.29, 0.717) is 17.5 Å². The molecule has 2 aromatic heterocycles. The van der Waals surface area contributed by atoms with E-state index >= 15 is 0 Å². The smallest absolute Gasteiger partial charge is 0.291 e. The predicted octanol–water partition coefficient (Wildman–Crippen LogP) is 5.85. The van der Waals surface area contributed by atoms with Crippen LogP contribution in [0.3, 0.4) is 0 Å². The van der Waals surface area contributed by atoms with Crippen LogP contribution in [0.5, 0.6) is 0 Å². The molecule has 0 unspecified atom stereocenters. The summed E-state index contributed by atoms with van der Waals surface area (Å²) in [6.45, 7) is 4.38. The molecule has 1 amide bonds. The van der Waals surface area contributed by atoms with E-state index in [0.717, 1.165) is 23.1 Å². The van der Waals surface area contributed by atoms with Gasteiger partial charge in [0.05, 0.1) is 6.26 Å². The number of amides is 1. The van der Waals surface area contributed by atoms with Crippen LogP contribution in [0.25, 0.3) is 22.6 Å². The van der Waals surface area contributed by atoms with Gasteiger partial charge in [-0.15, -0.1) is 0 Å². The van der Waals surface area contributed by atoms with Crippen LogP contribution in [0.4, 0.5) is 5.69 Å². The molecule has 0 radical (unpaired) electrons. The molecule has 5 heteroatoms. The second-order valence-electron chi connectivity index (χ2n) is 6.56.